The normalized spacial score (nSPS) is 12.8. The zero-order chi connectivity index (χ0) is 28.9. The number of hydrogen-bond donors (Lipinski definition) is 1. The predicted octanol–water partition coefficient (Wildman–Crippen LogP) is 5.21. The highest BCUT2D eigenvalue weighted by Crippen LogP contribution is 2.33. The van der Waals surface area contributed by atoms with Gasteiger partial charge in [-0.15, -0.1) is 5.10 Å². The summed E-state index contributed by atoms with van der Waals surface area (Å²) >= 11 is 0. The summed E-state index contributed by atoms with van der Waals surface area (Å²) in [6.07, 6.45) is -0.0277. The number of hydrogen-bond acceptors (Lipinski definition) is 9. The number of carbonyl (C=O) groups is 2. The Kier molecular flexibility index (Phi) is 9.25. The number of anilines is 1. The molecule has 0 saturated heterocycles. The average molecular weight is 577 g/mol. The number of rotatable bonds is 6. The van der Waals surface area contributed by atoms with E-state index >= 15 is 0 Å². The molecule has 0 atom stereocenters. The lowest BCUT2D eigenvalue weighted by Crippen LogP contribution is -2.19. The molecule has 0 spiro atoms. The van der Waals surface area contributed by atoms with Gasteiger partial charge in [-0.05, 0) is 41.5 Å². The summed E-state index contributed by atoms with van der Waals surface area (Å²) in [6.45, 7) is 5.76. The maximum Gasteiger partial charge on any atom is 0.270 e. The van der Waals surface area contributed by atoms with Crippen molar-refractivity contribution in [2.75, 3.05) is 31.7 Å². The Morgan fingerprint density at radius 2 is 1.38 bits per heavy atom. The lowest BCUT2D eigenvalue weighted by Gasteiger charge is -2.18. The Morgan fingerprint density at radius 1 is 0.833 bits per heavy atom. The molecule has 3 aromatic carbocycles. The van der Waals surface area contributed by atoms with Gasteiger partial charge in [-0.3, -0.25) is 19.7 Å². The third-order valence-electron chi connectivity index (χ3n) is 6.30. The molecule has 2 aliphatic heterocycles. The van der Waals surface area contributed by atoms with Crippen LogP contribution in [-0.2, 0) is 17.6 Å². The molecule has 42 heavy (non-hydrogen) atoms. The van der Waals surface area contributed by atoms with Crippen LogP contribution in [0.3, 0.4) is 0 Å². The zero-order valence-electron chi connectivity index (χ0n) is 22.5. The van der Waals surface area contributed by atoms with Gasteiger partial charge in [0.05, 0.1) is 28.7 Å². The molecule has 1 N–H and O–H groups in total. The number of non-ortho nitro benzene ring substituents is 1. The molecule has 2 aliphatic rings. The number of carbonyl (C=O) groups excluding carboxylic acids is 2. The van der Waals surface area contributed by atoms with Gasteiger partial charge in [0.2, 0.25) is 5.91 Å². The number of ether oxygens (including phenoxy) is 4. The molecule has 0 saturated carbocycles. The second-order valence-electron chi connectivity index (χ2n) is 8.97. The highest BCUT2D eigenvalue weighted by atomic mass is 16.6. The second kappa shape index (κ2) is 13.0. The fourth-order valence-corrected chi connectivity index (χ4v) is 4.51. The first-order valence-electron chi connectivity index (χ1n) is 13.2. The van der Waals surface area contributed by atoms with Crippen LogP contribution in [0.25, 0.3) is 10.9 Å². The van der Waals surface area contributed by atoms with Gasteiger partial charge in [0, 0.05) is 12.1 Å². The van der Waals surface area contributed by atoms with Crippen LogP contribution in [0.4, 0.5) is 11.5 Å². The maximum absolute atomic E-state index is 13.3. The molecule has 0 unspecified atom stereocenters. The van der Waals surface area contributed by atoms with E-state index in [1.54, 1.807) is 36.4 Å². The molecule has 0 fully saturated rings. The Hall–Kier alpha value is -5.13. The van der Waals surface area contributed by atoms with Gasteiger partial charge in [-0.2, -0.15) is 4.68 Å². The summed E-state index contributed by atoms with van der Waals surface area (Å²) in [7, 11) is 0. The summed E-state index contributed by atoms with van der Waals surface area (Å²) in [6, 6.07) is 14.5. The van der Waals surface area contributed by atoms with Gasteiger partial charge in [-0.1, -0.05) is 33.4 Å². The SMILES string of the molecule is C.CC.O=C(Cc1ccc2c(c1)OCCO2)Nc1nn(C(=O)Cc2ccc3c(c2)OCCO3)c2ccc([N+](=O)[O-])cc12. The summed E-state index contributed by atoms with van der Waals surface area (Å²) in [4.78, 5) is 37.1. The van der Waals surface area contributed by atoms with E-state index in [0.29, 0.717) is 66.1 Å². The lowest BCUT2D eigenvalue weighted by molar-refractivity contribution is -0.384. The molecular formula is C30H32N4O8. The summed E-state index contributed by atoms with van der Waals surface area (Å²) < 4.78 is 23.4. The van der Waals surface area contributed by atoms with Gasteiger partial charge < -0.3 is 24.3 Å². The van der Waals surface area contributed by atoms with Crippen LogP contribution >= 0.6 is 0 Å². The molecule has 1 aromatic heterocycles. The number of fused-ring (bicyclic) bond motifs is 3. The molecule has 3 heterocycles. The molecule has 1 amide bonds. The van der Waals surface area contributed by atoms with Crippen LogP contribution in [-0.4, -0.2) is 52.9 Å². The van der Waals surface area contributed by atoms with E-state index < -0.39 is 16.7 Å². The summed E-state index contributed by atoms with van der Waals surface area (Å²) in [5, 5.41) is 18.7. The Labute approximate surface area is 242 Å². The number of nitro groups is 1. The first-order valence-corrected chi connectivity index (χ1v) is 13.2. The van der Waals surface area contributed by atoms with E-state index in [4.69, 9.17) is 18.9 Å². The van der Waals surface area contributed by atoms with Crippen molar-refractivity contribution in [2.24, 2.45) is 0 Å². The minimum absolute atomic E-state index is 0. The third kappa shape index (κ3) is 6.27. The Morgan fingerprint density at radius 3 is 1.95 bits per heavy atom. The molecule has 4 aromatic rings. The fraction of sp³-hybridized carbons (Fsp3) is 0.300. The van der Waals surface area contributed by atoms with E-state index in [9.17, 15) is 19.7 Å². The van der Waals surface area contributed by atoms with Crippen LogP contribution in [0, 0.1) is 10.1 Å². The standard InChI is InChI=1S/C27H22N4O8.C2H6.CH4/c32-25(13-16-1-5-21-23(11-16)38-9-7-36-21)28-27-19-15-18(31(34)35)3-4-20(19)30(29-27)26(33)14-17-2-6-22-24(12-17)39-10-8-37-22;1-2;/h1-6,11-12,15H,7-10,13-14H2,(H,28,29,32);1-2H3;1H4. The fourth-order valence-electron chi connectivity index (χ4n) is 4.51. The molecule has 0 bridgehead atoms. The summed E-state index contributed by atoms with van der Waals surface area (Å²) in [5.74, 6) is 1.58. The largest absolute Gasteiger partial charge is 0.486 e. The van der Waals surface area contributed by atoms with Crippen molar-refractivity contribution in [1.82, 2.24) is 9.78 Å². The Bertz CT molecular complexity index is 1630. The van der Waals surface area contributed by atoms with Crippen molar-refractivity contribution in [1.29, 1.82) is 0 Å². The number of aromatic nitrogens is 2. The van der Waals surface area contributed by atoms with Gasteiger partial charge >= 0.3 is 0 Å². The number of nitrogens with zero attached hydrogens (tertiary/aromatic N) is 3. The van der Waals surface area contributed by atoms with E-state index in [0.717, 1.165) is 4.68 Å². The minimum atomic E-state index is -0.547. The van der Waals surface area contributed by atoms with Crippen molar-refractivity contribution in [3.05, 3.63) is 75.8 Å². The molecule has 220 valence electrons. The smallest absolute Gasteiger partial charge is 0.270 e. The summed E-state index contributed by atoms with van der Waals surface area (Å²) in [5.41, 5.74) is 1.50. The zero-order valence-corrected chi connectivity index (χ0v) is 22.5. The topological polar surface area (TPSA) is 144 Å². The van der Waals surface area contributed by atoms with Crippen molar-refractivity contribution < 1.29 is 33.5 Å². The third-order valence-corrected chi connectivity index (χ3v) is 6.30. The van der Waals surface area contributed by atoms with Crippen LogP contribution in [0.1, 0.15) is 37.2 Å². The number of nitrogens with one attached hydrogen (secondary N) is 1. The highest BCUT2D eigenvalue weighted by molar-refractivity contribution is 6.04. The molecule has 12 nitrogen and oxygen atoms in total. The monoisotopic (exact) mass is 576 g/mol. The van der Waals surface area contributed by atoms with Gasteiger partial charge in [0.25, 0.3) is 11.6 Å². The van der Waals surface area contributed by atoms with E-state index in [1.807, 2.05) is 13.8 Å². The van der Waals surface area contributed by atoms with Crippen molar-refractivity contribution >= 4 is 34.2 Å². The van der Waals surface area contributed by atoms with Crippen molar-refractivity contribution in [2.45, 2.75) is 34.1 Å². The quantitative estimate of drug-likeness (QED) is 0.241. The molecule has 6 rings (SSSR count). The van der Waals surface area contributed by atoms with Gasteiger partial charge in [0.1, 0.15) is 26.4 Å². The van der Waals surface area contributed by atoms with Gasteiger partial charge in [-0.25, -0.2) is 0 Å². The van der Waals surface area contributed by atoms with Gasteiger partial charge in [0.15, 0.2) is 28.8 Å². The number of benzene rings is 3. The van der Waals surface area contributed by atoms with Crippen LogP contribution in [0.15, 0.2) is 54.6 Å². The molecule has 12 heteroatoms. The average Bonchev–Trinajstić information content (AvgIpc) is 3.35. The first-order chi connectivity index (χ1) is 19.9. The van der Waals surface area contributed by atoms with Crippen molar-refractivity contribution in [3.8, 4) is 23.0 Å². The van der Waals surface area contributed by atoms with Crippen molar-refractivity contribution in [3.63, 3.8) is 0 Å². The first kappa shape index (κ1) is 29.8. The van der Waals surface area contributed by atoms with Crippen LogP contribution in [0.5, 0.6) is 23.0 Å². The number of amides is 1. The number of nitro benzene ring substituents is 1. The molecule has 0 aliphatic carbocycles. The van der Waals surface area contributed by atoms with Crippen LogP contribution in [0.2, 0.25) is 0 Å². The van der Waals surface area contributed by atoms with Crippen LogP contribution < -0.4 is 24.3 Å². The minimum Gasteiger partial charge on any atom is -0.486 e. The second-order valence-corrected chi connectivity index (χ2v) is 8.97. The molecular weight excluding hydrogens is 544 g/mol. The van der Waals surface area contributed by atoms with E-state index in [2.05, 4.69) is 10.4 Å². The lowest BCUT2D eigenvalue weighted by atomic mass is 10.1. The maximum atomic E-state index is 13.3. The Balaban J connectivity index is 0.00000132. The molecule has 0 radical (unpaired) electrons. The van der Waals surface area contributed by atoms with E-state index in [-0.39, 0.29) is 37.2 Å². The predicted molar refractivity (Wildman–Crippen MR) is 156 cm³/mol. The van der Waals surface area contributed by atoms with E-state index in [1.165, 1.54) is 18.2 Å². The highest BCUT2D eigenvalue weighted by Gasteiger charge is 2.22.